The maximum Gasteiger partial charge on any atom is 0.0646 e. The lowest BCUT2D eigenvalue weighted by Crippen LogP contribution is -2.08. The van der Waals surface area contributed by atoms with Crippen LogP contribution in [0.3, 0.4) is 0 Å². The average molecular weight is 198 g/mol. The third kappa shape index (κ3) is 2.05. The Morgan fingerprint density at radius 2 is 1.80 bits per heavy atom. The van der Waals surface area contributed by atoms with E-state index < -0.39 is 0 Å². The smallest absolute Gasteiger partial charge is 0.0646 e. The van der Waals surface area contributed by atoms with Crippen LogP contribution in [0.15, 0.2) is 48.7 Å². The number of hydrogen-bond donors (Lipinski definition) is 1. The Labute approximate surface area is 89.8 Å². The van der Waals surface area contributed by atoms with Crippen molar-refractivity contribution >= 4 is 0 Å². The van der Waals surface area contributed by atoms with Gasteiger partial charge in [0.2, 0.25) is 0 Å². The van der Waals surface area contributed by atoms with Crippen molar-refractivity contribution in [2.75, 3.05) is 0 Å². The molecule has 15 heavy (non-hydrogen) atoms. The van der Waals surface area contributed by atoms with E-state index in [2.05, 4.69) is 23.2 Å². The molecule has 2 heteroatoms. The molecule has 0 spiro atoms. The lowest BCUT2D eigenvalue weighted by molar-refractivity contribution is 0.784. The molecule has 1 heterocycles. The molecule has 2 rings (SSSR count). The molecule has 0 radical (unpaired) electrons. The third-order valence-corrected chi connectivity index (χ3v) is 2.35. The summed E-state index contributed by atoms with van der Waals surface area (Å²) >= 11 is 0. The Bertz CT molecular complexity index is 435. The fourth-order valence-corrected chi connectivity index (χ4v) is 1.64. The van der Waals surface area contributed by atoms with E-state index in [0.717, 1.165) is 16.8 Å². The van der Waals surface area contributed by atoms with Crippen LogP contribution in [0.25, 0.3) is 11.1 Å². The van der Waals surface area contributed by atoms with Crippen LogP contribution in [0.2, 0.25) is 0 Å². The predicted octanol–water partition coefficient (Wildman–Crippen LogP) is 2.77. The Hall–Kier alpha value is -1.67. The van der Waals surface area contributed by atoms with Gasteiger partial charge in [-0.25, -0.2) is 0 Å². The molecule has 1 aromatic heterocycles. The van der Waals surface area contributed by atoms with E-state index in [9.17, 15) is 0 Å². The van der Waals surface area contributed by atoms with Crippen molar-refractivity contribution in [1.29, 1.82) is 0 Å². The van der Waals surface area contributed by atoms with E-state index in [1.807, 2.05) is 31.2 Å². The van der Waals surface area contributed by atoms with Crippen LogP contribution >= 0.6 is 0 Å². The van der Waals surface area contributed by atoms with Crippen LogP contribution < -0.4 is 5.73 Å². The molecule has 0 aliphatic heterocycles. The summed E-state index contributed by atoms with van der Waals surface area (Å²) in [6, 6.07) is 14.1. The van der Waals surface area contributed by atoms with Gasteiger partial charge in [-0.3, -0.25) is 4.98 Å². The molecule has 0 fully saturated rings. The van der Waals surface area contributed by atoms with Gasteiger partial charge in [-0.05, 0) is 18.6 Å². The van der Waals surface area contributed by atoms with E-state index in [-0.39, 0.29) is 6.04 Å². The number of aromatic nitrogens is 1. The van der Waals surface area contributed by atoms with Crippen LogP contribution in [0.1, 0.15) is 18.7 Å². The van der Waals surface area contributed by atoms with E-state index in [1.165, 1.54) is 0 Å². The van der Waals surface area contributed by atoms with Gasteiger partial charge in [0.15, 0.2) is 0 Å². The Kier molecular flexibility index (Phi) is 2.79. The SMILES string of the molecule is CC(N)c1ncccc1-c1ccccc1. The van der Waals surface area contributed by atoms with Gasteiger partial charge in [-0.15, -0.1) is 0 Å². The highest BCUT2D eigenvalue weighted by Gasteiger charge is 2.08. The van der Waals surface area contributed by atoms with Crippen LogP contribution in [0.4, 0.5) is 0 Å². The summed E-state index contributed by atoms with van der Waals surface area (Å²) in [4.78, 5) is 4.33. The summed E-state index contributed by atoms with van der Waals surface area (Å²) in [5.41, 5.74) is 9.12. The fourth-order valence-electron chi connectivity index (χ4n) is 1.64. The Balaban J connectivity index is 2.53. The molecule has 0 amide bonds. The average Bonchev–Trinajstić information content (AvgIpc) is 2.30. The normalized spacial score (nSPS) is 12.4. The molecule has 76 valence electrons. The highest BCUT2D eigenvalue weighted by molar-refractivity contribution is 5.66. The molecule has 2 nitrogen and oxygen atoms in total. The van der Waals surface area contributed by atoms with Gasteiger partial charge >= 0.3 is 0 Å². The van der Waals surface area contributed by atoms with Crippen LogP contribution in [0, 0.1) is 0 Å². The van der Waals surface area contributed by atoms with Gasteiger partial charge < -0.3 is 5.73 Å². The largest absolute Gasteiger partial charge is 0.323 e. The number of benzene rings is 1. The molecule has 2 aromatic rings. The van der Waals surface area contributed by atoms with Crippen molar-refractivity contribution in [3.63, 3.8) is 0 Å². The molecule has 2 N–H and O–H groups in total. The zero-order valence-electron chi connectivity index (χ0n) is 8.72. The summed E-state index contributed by atoms with van der Waals surface area (Å²) in [5, 5.41) is 0. The van der Waals surface area contributed by atoms with Gasteiger partial charge in [0.1, 0.15) is 0 Å². The first-order valence-corrected chi connectivity index (χ1v) is 5.05. The van der Waals surface area contributed by atoms with Crippen molar-refractivity contribution in [2.24, 2.45) is 5.73 Å². The minimum atomic E-state index is -0.0404. The summed E-state index contributed by atoms with van der Waals surface area (Å²) in [5.74, 6) is 0. The molecular formula is C13H14N2. The molecule has 1 unspecified atom stereocenters. The molecule has 0 saturated carbocycles. The van der Waals surface area contributed by atoms with E-state index in [1.54, 1.807) is 6.20 Å². The van der Waals surface area contributed by atoms with Crippen LogP contribution in [-0.4, -0.2) is 4.98 Å². The summed E-state index contributed by atoms with van der Waals surface area (Å²) in [6.07, 6.45) is 1.78. The molecule has 0 aliphatic carbocycles. The van der Waals surface area contributed by atoms with Crippen molar-refractivity contribution < 1.29 is 0 Å². The number of nitrogens with zero attached hydrogens (tertiary/aromatic N) is 1. The van der Waals surface area contributed by atoms with Crippen LogP contribution in [-0.2, 0) is 0 Å². The van der Waals surface area contributed by atoms with Gasteiger partial charge in [0.25, 0.3) is 0 Å². The molecule has 0 bridgehead atoms. The lowest BCUT2D eigenvalue weighted by Gasteiger charge is -2.10. The summed E-state index contributed by atoms with van der Waals surface area (Å²) in [7, 11) is 0. The zero-order valence-corrected chi connectivity index (χ0v) is 8.72. The number of hydrogen-bond acceptors (Lipinski definition) is 2. The van der Waals surface area contributed by atoms with Crippen molar-refractivity contribution in [2.45, 2.75) is 13.0 Å². The quantitative estimate of drug-likeness (QED) is 0.805. The zero-order chi connectivity index (χ0) is 10.7. The maximum atomic E-state index is 5.89. The molecular weight excluding hydrogens is 184 g/mol. The fraction of sp³-hybridized carbons (Fsp3) is 0.154. The standard InChI is InChI=1S/C13H14N2/c1-10(14)13-12(8-5-9-15-13)11-6-3-2-4-7-11/h2-10H,14H2,1H3. The Morgan fingerprint density at radius 3 is 2.47 bits per heavy atom. The predicted molar refractivity (Wildman–Crippen MR) is 62.3 cm³/mol. The number of nitrogens with two attached hydrogens (primary N) is 1. The first-order valence-electron chi connectivity index (χ1n) is 5.05. The molecule has 0 aliphatic rings. The molecule has 1 atom stereocenters. The van der Waals surface area contributed by atoms with Gasteiger partial charge in [-0.2, -0.15) is 0 Å². The van der Waals surface area contributed by atoms with Gasteiger partial charge in [-0.1, -0.05) is 36.4 Å². The summed E-state index contributed by atoms with van der Waals surface area (Å²) < 4.78 is 0. The Morgan fingerprint density at radius 1 is 1.07 bits per heavy atom. The first-order chi connectivity index (χ1) is 7.29. The van der Waals surface area contributed by atoms with Crippen molar-refractivity contribution in [3.05, 3.63) is 54.4 Å². The third-order valence-electron chi connectivity index (χ3n) is 2.35. The second kappa shape index (κ2) is 4.24. The summed E-state index contributed by atoms with van der Waals surface area (Å²) in [6.45, 7) is 1.95. The van der Waals surface area contributed by atoms with E-state index in [0.29, 0.717) is 0 Å². The monoisotopic (exact) mass is 198 g/mol. The van der Waals surface area contributed by atoms with Crippen molar-refractivity contribution in [3.8, 4) is 11.1 Å². The minimum absolute atomic E-state index is 0.0404. The topological polar surface area (TPSA) is 38.9 Å². The van der Waals surface area contributed by atoms with Crippen molar-refractivity contribution in [1.82, 2.24) is 4.98 Å². The number of pyridine rings is 1. The highest BCUT2D eigenvalue weighted by atomic mass is 14.8. The van der Waals surface area contributed by atoms with Crippen LogP contribution in [0.5, 0.6) is 0 Å². The molecule has 1 aromatic carbocycles. The first kappa shape index (κ1) is 9.87. The van der Waals surface area contributed by atoms with Gasteiger partial charge in [0.05, 0.1) is 5.69 Å². The lowest BCUT2D eigenvalue weighted by atomic mass is 10.0. The number of rotatable bonds is 2. The van der Waals surface area contributed by atoms with Gasteiger partial charge in [0, 0.05) is 17.8 Å². The second-order valence-corrected chi connectivity index (χ2v) is 3.59. The maximum absolute atomic E-state index is 5.89. The van der Waals surface area contributed by atoms with E-state index >= 15 is 0 Å². The minimum Gasteiger partial charge on any atom is -0.323 e. The highest BCUT2D eigenvalue weighted by Crippen LogP contribution is 2.24. The molecule has 0 saturated heterocycles. The van der Waals surface area contributed by atoms with E-state index in [4.69, 9.17) is 5.73 Å². The second-order valence-electron chi connectivity index (χ2n) is 3.59.